The van der Waals surface area contributed by atoms with Crippen LogP contribution in [0.15, 0.2) is 29.2 Å². The van der Waals surface area contributed by atoms with Crippen molar-refractivity contribution in [3.8, 4) is 0 Å². The third-order valence-corrected chi connectivity index (χ3v) is 6.12. The van der Waals surface area contributed by atoms with Crippen LogP contribution in [-0.4, -0.2) is 43.6 Å². The SMILES string of the molecule is CCN(CC)S(=O)(=O)c1ccc(C(C)NC(C)CCCO)cc1. The number of hydrogen-bond donors (Lipinski definition) is 2. The Balaban J connectivity index is 2.80. The van der Waals surface area contributed by atoms with Crippen LogP contribution in [0, 0.1) is 0 Å². The van der Waals surface area contributed by atoms with Gasteiger partial charge in [0.25, 0.3) is 0 Å². The van der Waals surface area contributed by atoms with Gasteiger partial charge in [-0.1, -0.05) is 26.0 Å². The van der Waals surface area contributed by atoms with Gasteiger partial charge in [-0.2, -0.15) is 4.31 Å². The summed E-state index contributed by atoms with van der Waals surface area (Å²) in [6, 6.07) is 7.53. The summed E-state index contributed by atoms with van der Waals surface area (Å²) in [6.45, 7) is 8.99. The number of aliphatic hydroxyl groups is 1. The summed E-state index contributed by atoms with van der Waals surface area (Å²) in [4.78, 5) is 0.338. The van der Waals surface area contributed by atoms with E-state index in [0.29, 0.717) is 24.0 Å². The summed E-state index contributed by atoms with van der Waals surface area (Å²) < 4.78 is 26.4. The number of sulfonamides is 1. The Kier molecular flexibility index (Phi) is 8.19. The molecule has 1 aromatic rings. The number of nitrogens with one attached hydrogen (secondary N) is 1. The van der Waals surface area contributed by atoms with E-state index in [9.17, 15) is 8.42 Å². The molecule has 0 spiro atoms. The first kappa shape index (κ1) is 20.1. The average Bonchev–Trinajstić information content (AvgIpc) is 2.53. The van der Waals surface area contributed by atoms with Crippen molar-refractivity contribution in [1.29, 1.82) is 0 Å². The number of rotatable bonds is 10. The lowest BCUT2D eigenvalue weighted by atomic mass is 10.1. The smallest absolute Gasteiger partial charge is 0.243 e. The van der Waals surface area contributed by atoms with Crippen molar-refractivity contribution >= 4 is 10.0 Å². The van der Waals surface area contributed by atoms with E-state index in [0.717, 1.165) is 18.4 Å². The van der Waals surface area contributed by atoms with Gasteiger partial charge in [-0.3, -0.25) is 0 Å². The molecule has 23 heavy (non-hydrogen) atoms. The zero-order chi connectivity index (χ0) is 17.5. The van der Waals surface area contributed by atoms with E-state index in [1.165, 1.54) is 4.31 Å². The predicted octanol–water partition coefficient (Wildman–Crippen LogP) is 2.53. The van der Waals surface area contributed by atoms with Crippen LogP contribution in [0.2, 0.25) is 0 Å². The first-order valence-corrected chi connectivity index (χ1v) is 9.77. The third-order valence-electron chi connectivity index (χ3n) is 4.05. The fraction of sp³-hybridized carbons (Fsp3) is 0.647. The quantitative estimate of drug-likeness (QED) is 0.685. The lowest BCUT2D eigenvalue weighted by molar-refractivity contribution is 0.274. The maximum atomic E-state index is 12.5. The molecule has 132 valence electrons. The minimum Gasteiger partial charge on any atom is -0.396 e. The lowest BCUT2D eigenvalue weighted by Crippen LogP contribution is -2.31. The molecule has 5 nitrogen and oxygen atoms in total. The van der Waals surface area contributed by atoms with Gasteiger partial charge in [-0.15, -0.1) is 0 Å². The van der Waals surface area contributed by atoms with E-state index < -0.39 is 10.0 Å². The Morgan fingerprint density at radius 3 is 2.17 bits per heavy atom. The van der Waals surface area contributed by atoms with Crippen molar-refractivity contribution in [2.45, 2.75) is 57.5 Å². The molecule has 0 aliphatic heterocycles. The number of benzene rings is 1. The molecule has 0 aromatic heterocycles. The molecule has 2 unspecified atom stereocenters. The van der Waals surface area contributed by atoms with Crippen molar-refractivity contribution in [2.24, 2.45) is 0 Å². The molecule has 1 aromatic carbocycles. The van der Waals surface area contributed by atoms with E-state index in [-0.39, 0.29) is 12.6 Å². The van der Waals surface area contributed by atoms with Crippen molar-refractivity contribution < 1.29 is 13.5 Å². The van der Waals surface area contributed by atoms with Crippen LogP contribution in [0.1, 0.15) is 52.1 Å². The third kappa shape index (κ3) is 5.57. The molecule has 0 bridgehead atoms. The van der Waals surface area contributed by atoms with Crippen molar-refractivity contribution in [3.05, 3.63) is 29.8 Å². The van der Waals surface area contributed by atoms with Gasteiger partial charge in [-0.25, -0.2) is 8.42 Å². The molecule has 0 saturated heterocycles. The normalized spacial score (nSPS) is 14.9. The van der Waals surface area contributed by atoms with Crippen LogP contribution in [0.25, 0.3) is 0 Å². The van der Waals surface area contributed by atoms with E-state index in [2.05, 4.69) is 19.2 Å². The highest BCUT2D eigenvalue weighted by atomic mass is 32.2. The minimum absolute atomic E-state index is 0.133. The van der Waals surface area contributed by atoms with Crippen LogP contribution in [0.4, 0.5) is 0 Å². The monoisotopic (exact) mass is 342 g/mol. The standard InChI is InChI=1S/C17H30N2O3S/c1-5-19(6-2)23(21,22)17-11-9-16(10-12-17)15(4)18-14(3)8-7-13-20/h9-12,14-15,18,20H,5-8,13H2,1-4H3. The number of nitrogens with zero attached hydrogens (tertiary/aromatic N) is 1. The lowest BCUT2D eigenvalue weighted by Gasteiger charge is -2.21. The average molecular weight is 343 g/mol. The highest BCUT2D eigenvalue weighted by Gasteiger charge is 2.21. The van der Waals surface area contributed by atoms with Gasteiger partial charge in [0, 0.05) is 31.8 Å². The summed E-state index contributed by atoms with van der Waals surface area (Å²) in [6.07, 6.45) is 1.69. The van der Waals surface area contributed by atoms with Crippen LogP contribution in [-0.2, 0) is 10.0 Å². The maximum absolute atomic E-state index is 12.5. The van der Waals surface area contributed by atoms with E-state index in [1.807, 2.05) is 26.0 Å². The summed E-state index contributed by atoms with van der Waals surface area (Å²) in [5, 5.41) is 12.3. The van der Waals surface area contributed by atoms with Crippen molar-refractivity contribution in [1.82, 2.24) is 9.62 Å². The fourth-order valence-corrected chi connectivity index (χ4v) is 4.10. The predicted molar refractivity (Wildman–Crippen MR) is 93.9 cm³/mol. The minimum atomic E-state index is -3.39. The van der Waals surface area contributed by atoms with Crippen molar-refractivity contribution in [3.63, 3.8) is 0 Å². The second-order valence-electron chi connectivity index (χ2n) is 5.81. The molecule has 1 rings (SSSR count). The van der Waals surface area contributed by atoms with Gasteiger partial charge in [-0.05, 0) is 44.4 Å². The zero-order valence-corrected chi connectivity index (χ0v) is 15.4. The van der Waals surface area contributed by atoms with Gasteiger partial charge < -0.3 is 10.4 Å². The van der Waals surface area contributed by atoms with Gasteiger partial charge in [0.2, 0.25) is 10.0 Å². The van der Waals surface area contributed by atoms with Gasteiger partial charge in [0.05, 0.1) is 4.90 Å². The molecule has 2 N–H and O–H groups in total. The fourth-order valence-electron chi connectivity index (χ4n) is 2.64. The topological polar surface area (TPSA) is 69.6 Å². The van der Waals surface area contributed by atoms with Crippen molar-refractivity contribution in [2.75, 3.05) is 19.7 Å². The maximum Gasteiger partial charge on any atom is 0.243 e. The van der Waals surface area contributed by atoms with Crippen LogP contribution in [0.5, 0.6) is 0 Å². The van der Waals surface area contributed by atoms with Crippen LogP contribution >= 0.6 is 0 Å². The van der Waals surface area contributed by atoms with E-state index in [4.69, 9.17) is 5.11 Å². The Bertz CT molecular complexity index is 554. The molecule has 0 heterocycles. The van der Waals surface area contributed by atoms with Gasteiger partial charge >= 0.3 is 0 Å². The molecule has 0 radical (unpaired) electrons. The molecular weight excluding hydrogens is 312 g/mol. The molecule has 2 atom stereocenters. The van der Waals surface area contributed by atoms with E-state index >= 15 is 0 Å². The number of hydrogen-bond acceptors (Lipinski definition) is 4. The molecular formula is C17H30N2O3S. The number of aliphatic hydroxyl groups excluding tert-OH is 1. The summed E-state index contributed by atoms with van der Waals surface area (Å²) >= 11 is 0. The summed E-state index contributed by atoms with van der Waals surface area (Å²) in [7, 11) is -3.39. The second-order valence-corrected chi connectivity index (χ2v) is 7.75. The largest absolute Gasteiger partial charge is 0.396 e. The second kappa shape index (κ2) is 9.37. The highest BCUT2D eigenvalue weighted by Crippen LogP contribution is 2.20. The highest BCUT2D eigenvalue weighted by molar-refractivity contribution is 7.89. The first-order valence-electron chi connectivity index (χ1n) is 8.33. The molecule has 0 fully saturated rings. The Morgan fingerprint density at radius 1 is 1.13 bits per heavy atom. The molecule has 0 amide bonds. The Morgan fingerprint density at radius 2 is 1.70 bits per heavy atom. The Labute approximate surface area is 140 Å². The van der Waals surface area contributed by atoms with E-state index in [1.54, 1.807) is 12.1 Å². The summed E-state index contributed by atoms with van der Waals surface area (Å²) in [5.74, 6) is 0. The molecule has 0 aliphatic rings. The van der Waals surface area contributed by atoms with Gasteiger partial charge in [0.15, 0.2) is 0 Å². The molecule has 6 heteroatoms. The first-order chi connectivity index (χ1) is 10.9. The summed E-state index contributed by atoms with van der Waals surface area (Å²) in [5.41, 5.74) is 1.05. The van der Waals surface area contributed by atoms with Gasteiger partial charge in [0.1, 0.15) is 0 Å². The Hall–Kier alpha value is -0.950. The van der Waals surface area contributed by atoms with Crippen LogP contribution in [0.3, 0.4) is 0 Å². The molecule has 0 saturated carbocycles. The molecule has 0 aliphatic carbocycles. The zero-order valence-electron chi connectivity index (χ0n) is 14.6. The van der Waals surface area contributed by atoms with Crippen LogP contribution < -0.4 is 5.32 Å².